The van der Waals surface area contributed by atoms with Gasteiger partial charge in [0.25, 0.3) is 0 Å². The highest BCUT2D eigenvalue weighted by Crippen LogP contribution is 2.29. The molecule has 0 amide bonds. The molecule has 0 bridgehead atoms. The van der Waals surface area contributed by atoms with E-state index >= 15 is 0 Å². The highest BCUT2D eigenvalue weighted by Gasteiger charge is 2.14. The molecule has 0 aromatic carbocycles. The summed E-state index contributed by atoms with van der Waals surface area (Å²) in [6, 6.07) is 0. The smallest absolute Gasteiger partial charge is 0.161 e. The molecule has 2 aromatic rings. The lowest BCUT2D eigenvalue weighted by atomic mass is 10.2. The van der Waals surface area contributed by atoms with Crippen molar-refractivity contribution in [1.82, 2.24) is 25.1 Å². The molecule has 2 rings (SSSR count). The van der Waals surface area contributed by atoms with Crippen LogP contribution in [0.25, 0.3) is 9.88 Å². The van der Waals surface area contributed by atoms with Crippen molar-refractivity contribution in [2.24, 2.45) is 0 Å². The fourth-order valence-corrected chi connectivity index (χ4v) is 3.15. The van der Waals surface area contributed by atoms with E-state index in [9.17, 15) is 0 Å². The second-order valence-electron chi connectivity index (χ2n) is 3.97. The molecule has 0 spiro atoms. The SMILES string of the molecule is CCCc1nnsc1-c1nnc(CNCCOC)s1. The van der Waals surface area contributed by atoms with Gasteiger partial charge in [0.05, 0.1) is 12.3 Å². The van der Waals surface area contributed by atoms with Crippen LogP contribution in [0.3, 0.4) is 0 Å². The third kappa shape index (κ3) is 4.00. The molecule has 0 aliphatic rings. The zero-order chi connectivity index (χ0) is 13.5. The summed E-state index contributed by atoms with van der Waals surface area (Å²) >= 11 is 2.99. The fraction of sp³-hybridized carbons (Fsp3) is 0.636. The Morgan fingerprint density at radius 1 is 1.26 bits per heavy atom. The Morgan fingerprint density at radius 3 is 2.95 bits per heavy atom. The Labute approximate surface area is 120 Å². The fourth-order valence-electron chi connectivity index (χ4n) is 1.56. The van der Waals surface area contributed by atoms with Crippen LogP contribution in [0, 0.1) is 0 Å². The van der Waals surface area contributed by atoms with Gasteiger partial charge in [-0.2, -0.15) is 0 Å². The highest BCUT2D eigenvalue weighted by molar-refractivity contribution is 7.19. The average molecular weight is 299 g/mol. The Hall–Kier alpha value is -0.960. The normalized spacial score (nSPS) is 11.1. The van der Waals surface area contributed by atoms with Gasteiger partial charge in [0, 0.05) is 20.2 Å². The lowest BCUT2D eigenvalue weighted by molar-refractivity contribution is 0.199. The molecular formula is C11H17N5OS2. The van der Waals surface area contributed by atoms with Gasteiger partial charge in [0.2, 0.25) is 0 Å². The monoisotopic (exact) mass is 299 g/mol. The number of methoxy groups -OCH3 is 1. The molecule has 1 N–H and O–H groups in total. The highest BCUT2D eigenvalue weighted by atomic mass is 32.1. The van der Waals surface area contributed by atoms with E-state index in [4.69, 9.17) is 4.74 Å². The first-order valence-electron chi connectivity index (χ1n) is 6.18. The second kappa shape index (κ2) is 7.59. The standard InChI is InChI=1S/C11H17N5OS2/c1-3-4-8-10(19-16-13-8)11-15-14-9(18-11)7-12-5-6-17-2/h12H,3-7H2,1-2H3. The van der Waals surface area contributed by atoms with Crippen LogP contribution < -0.4 is 5.32 Å². The third-order valence-corrected chi connectivity index (χ3v) is 4.31. The van der Waals surface area contributed by atoms with E-state index in [-0.39, 0.29) is 0 Å². The maximum absolute atomic E-state index is 4.98. The van der Waals surface area contributed by atoms with Gasteiger partial charge < -0.3 is 10.1 Å². The number of nitrogens with one attached hydrogen (secondary N) is 1. The quantitative estimate of drug-likeness (QED) is 0.749. The summed E-state index contributed by atoms with van der Waals surface area (Å²) in [4.78, 5) is 1.06. The predicted octanol–water partition coefficient (Wildman–Crippen LogP) is 1.75. The molecule has 0 atom stereocenters. The minimum Gasteiger partial charge on any atom is -0.383 e. The van der Waals surface area contributed by atoms with Gasteiger partial charge in [0.1, 0.15) is 9.88 Å². The van der Waals surface area contributed by atoms with E-state index in [1.54, 1.807) is 18.4 Å². The molecule has 19 heavy (non-hydrogen) atoms. The molecular weight excluding hydrogens is 282 g/mol. The Balaban J connectivity index is 1.98. The Morgan fingerprint density at radius 2 is 2.16 bits per heavy atom. The molecule has 104 valence electrons. The van der Waals surface area contributed by atoms with Crippen molar-refractivity contribution in [2.45, 2.75) is 26.3 Å². The zero-order valence-electron chi connectivity index (χ0n) is 11.0. The predicted molar refractivity (Wildman–Crippen MR) is 76.4 cm³/mol. The Bertz CT molecular complexity index is 499. The maximum Gasteiger partial charge on any atom is 0.161 e. The molecule has 0 fully saturated rings. The number of ether oxygens (including phenoxy) is 1. The molecule has 0 aliphatic heterocycles. The number of rotatable bonds is 8. The molecule has 0 saturated heterocycles. The average Bonchev–Trinajstić information content (AvgIpc) is 3.04. The van der Waals surface area contributed by atoms with Crippen molar-refractivity contribution in [3.05, 3.63) is 10.7 Å². The van der Waals surface area contributed by atoms with Gasteiger partial charge in [-0.3, -0.25) is 0 Å². The summed E-state index contributed by atoms with van der Waals surface area (Å²) in [5.41, 5.74) is 1.03. The van der Waals surface area contributed by atoms with Crippen LogP contribution in [0.15, 0.2) is 0 Å². The maximum atomic E-state index is 4.98. The van der Waals surface area contributed by atoms with Crippen LogP contribution in [0.4, 0.5) is 0 Å². The van der Waals surface area contributed by atoms with Crippen LogP contribution in [0.1, 0.15) is 24.0 Å². The van der Waals surface area contributed by atoms with Gasteiger partial charge >= 0.3 is 0 Å². The summed E-state index contributed by atoms with van der Waals surface area (Å²) in [6.07, 6.45) is 2.00. The van der Waals surface area contributed by atoms with Crippen LogP contribution >= 0.6 is 22.9 Å². The summed E-state index contributed by atoms with van der Waals surface area (Å²) in [6.45, 7) is 4.37. The van der Waals surface area contributed by atoms with E-state index < -0.39 is 0 Å². The van der Waals surface area contributed by atoms with Gasteiger partial charge in [-0.05, 0) is 18.0 Å². The van der Waals surface area contributed by atoms with Gasteiger partial charge in [0.15, 0.2) is 5.01 Å². The van der Waals surface area contributed by atoms with E-state index in [0.717, 1.165) is 46.5 Å². The largest absolute Gasteiger partial charge is 0.383 e. The van der Waals surface area contributed by atoms with Crippen LogP contribution in [-0.2, 0) is 17.7 Å². The summed E-state index contributed by atoms with van der Waals surface area (Å²) in [5.74, 6) is 0. The van der Waals surface area contributed by atoms with Crippen LogP contribution in [-0.4, -0.2) is 40.0 Å². The first kappa shape index (κ1) is 14.4. The molecule has 2 heterocycles. The lowest BCUT2D eigenvalue weighted by Crippen LogP contribution is -2.18. The van der Waals surface area contributed by atoms with Crippen molar-refractivity contribution in [3.63, 3.8) is 0 Å². The first-order valence-corrected chi connectivity index (χ1v) is 7.77. The summed E-state index contributed by atoms with van der Waals surface area (Å²) in [7, 11) is 1.69. The Kier molecular flexibility index (Phi) is 5.77. The molecule has 8 heteroatoms. The zero-order valence-corrected chi connectivity index (χ0v) is 12.7. The van der Waals surface area contributed by atoms with E-state index in [1.807, 2.05) is 0 Å². The molecule has 6 nitrogen and oxygen atoms in total. The first-order chi connectivity index (χ1) is 9.35. The number of nitrogens with zero attached hydrogens (tertiary/aromatic N) is 4. The van der Waals surface area contributed by atoms with Crippen LogP contribution in [0.5, 0.6) is 0 Å². The molecule has 0 saturated carbocycles. The van der Waals surface area contributed by atoms with Gasteiger partial charge in [-0.1, -0.05) is 29.2 Å². The van der Waals surface area contributed by atoms with Crippen molar-refractivity contribution in [3.8, 4) is 9.88 Å². The van der Waals surface area contributed by atoms with Gasteiger partial charge in [-0.25, -0.2) is 0 Å². The second-order valence-corrected chi connectivity index (χ2v) is 5.79. The topological polar surface area (TPSA) is 72.8 Å². The number of aromatic nitrogens is 4. The van der Waals surface area contributed by atoms with E-state index in [2.05, 4.69) is 32.0 Å². The van der Waals surface area contributed by atoms with Crippen molar-refractivity contribution in [1.29, 1.82) is 0 Å². The van der Waals surface area contributed by atoms with Crippen LogP contribution in [0.2, 0.25) is 0 Å². The molecule has 2 aromatic heterocycles. The van der Waals surface area contributed by atoms with Gasteiger partial charge in [-0.15, -0.1) is 15.3 Å². The molecule has 0 aliphatic carbocycles. The summed E-state index contributed by atoms with van der Waals surface area (Å²) in [5, 5.41) is 17.7. The minimum absolute atomic E-state index is 0.699. The minimum atomic E-state index is 0.699. The number of hydrogen-bond donors (Lipinski definition) is 1. The number of hydrogen-bond acceptors (Lipinski definition) is 8. The van der Waals surface area contributed by atoms with Crippen molar-refractivity contribution >= 4 is 22.9 Å². The van der Waals surface area contributed by atoms with E-state index in [0.29, 0.717) is 6.61 Å². The van der Waals surface area contributed by atoms with Crippen molar-refractivity contribution in [2.75, 3.05) is 20.3 Å². The third-order valence-electron chi connectivity index (χ3n) is 2.46. The summed E-state index contributed by atoms with van der Waals surface area (Å²) < 4.78 is 8.99. The van der Waals surface area contributed by atoms with E-state index in [1.165, 1.54) is 11.5 Å². The van der Waals surface area contributed by atoms with Crippen molar-refractivity contribution < 1.29 is 4.74 Å². The number of aryl methyl sites for hydroxylation is 1. The molecule has 0 radical (unpaired) electrons. The molecule has 0 unspecified atom stereocenters. The lowest BCUT2D eigenvalue weighted by Gasteiger charge is -1.99.